The first kappa shape index (κ1) is 22.2. The zero-order chi connectivity index (χ0) is 20.6. The molecule has 2 aliphatic heterocycles. The molecule has 3 heterocycles. The molecule has 1 aromatic rings. The molecule has 2 fully saturated rings. The number of rotatable bonds is 8. The van der Waals surface area contributed by atoms with Gasteiger partial charge in [-0.05, 0) is 24.8 Å². The van der Waals surface area contributed by atoms with Crippen LogP contribution < -0.4 is 0 Å². The highest BCUT2D eigenvalue weighted by Gasteiger charge is 2.29. The molecule has 3 rings (SSSR count). The molecule has 29 heavy (non-hydrogen) atoms. The average molecular weight is 423 g/mol. The van der Waals surface area contributed by atoms with Crippen molar-refractivity contribution in [2.24, 2.45) is 0 Å². The first-order valence-corrected chi connectivity index (χ1v) is 11.6. The van der Waals surface area contributed by atoms with Crippen LogP contribution >= 0.6 is 11.3 Å². The van der Waals surface area contributed by atoms with E-state index in [1.165, 1.54) is 11.3 Å². The highest BCUT2D eigenvalue weighted by Crippen LogP contribution is 2.15. The summed E-state index contributed by atoms with van der Waals surface area (Å²) in [4.78, 5) is 34.6. The van der Waals surface area contributed by atoms with Crippen LogP contribution in [0.5, 0.6) is 0 Å². The van der Waals surface area contributed by atoms with Crippen LogP contribution in [0, 0.1) is 0 Å². The minimum Gasteiger partial charge on any atom is -0.380 e. The van der Waals surface area contributed by atoms with Crippen LogP contribution in [-0.4, -0.2) is 110 Å². The summed E-state index contributed by atoms with van der Waals surface area (Å²) in [6.45, 7) is 12.6. The van der Waals surface area contributed by atoms with Crippen molar-refractivity contribution in [1.82, 2.24) is 19.6 Å². The molecule has 1 unspecified atom stereocenters. The van der Waals surface area contributed by atoms with Crippen molar-refractivity contribution in [3.8, 4) is 0 Å². The average Bonchev–Trinajstić information content (AvgIpc) is 3.29. The van der Waals surface area contributed by atoms with Crippen LogP contribution in [0.1, 0.15) is 29.9 Å². The summed E-state index contributed by atoms with van der Waals surface area (Å²) in [5.41, 5.74) is 0. The maximum atomic E-state index is 12.8. The van der Waals surface area contributed by atoms with Gasteiger partial charge in [0, 0.05) is 65.0 Å². The SMILES string of the molecule is CCOCCN1CCN(CC(=O)N2CCN(C(=O)c3cccs3)CC2)CC1CC. The largest absolute Gasteiger partial charge is 0.380 e. The topological polar surface area (TPSA) is 56.3 Å². The smallest absolute Gasteiger partial charge is 0.264 e. The molecular weight excluding hydrogens is 388 g/mol. The van der Waals surface area contributed by atoms with Gasteiger partial charge in [0.15, 0.2) is 0 Å². The minimum absolute atomic E-state index is 0.0843. The molecule has 162 valence electrons. The molecule has 8 heteroatoms. The van der Waals surface area contributed by atoms with E-state index >= 15 is 0 Å². The molecule has 0 saturated carbocycles. The van der Waals surface area contributed by atoms with E-state index in [0.717, 1.165) is 50.7 Å². The van der Waals surface area contributed by atoms with E-state index in [9.17, 15) is 9.59 Å². The van der Waals surface area contributed by atoms with Crippen LogP contribution in [0.4, 0.5) is 0 Å². The van der Waals surface area contributed by atoms with Crippen molar-refractivity contribution in [2.45, 2.75) is 26.3 Å². The van der Waals surface area contributed by atoms with Gasteiger partial charge >= 0.3 is 0 Å². The molecular formula is C21H34N4O3S. The highest BCUT2D eigenvalue weighted by atomic mass is 32.1. The van der Waals surface area contributed by atoms with Gasteiger partial charge in [-0.3, -0.25) is 19.4 Å². The molecule has 2 saturated heterocycles. The van der Waals surface area contributed by atoms with E-state index in [1.54, 1.807) is 0 Å². The van der Waals surface area contributed by atoms with Crippen molar-refractivity contribution in [1.29, 1.82) is 0 Å². The van der Waals surface area contributed by atoms with Crippen LogP contribution in [0.3, 0.4) is 0 Å². The third-order valence-corrected chi connectivity index (χ3v) is 6.76. The van der Waals surface area contributed by atoms with Crippen molar-refractivity contribution in [3.63, 3.8) is 0 Å². The minimum atomic E-state index is 0.0843. The van der Waals surface area contributed by atoms with Crippen molar-refractivity contribution in [3.05, 3.63) is 22.4 Å². The normalized spacial score (nSPS) is 21.5. The lowest BCUT2D eigenvalue weighted by atomic mass is 10.1. The standard InChI is InChI=1S/C21H34N4O3S/c1-3-18-16-22(7-8-23(18)13-14-28-4-2)17-20(26)24-9-11-25(12-10-24)21(27)19-6-5-15-29-19/h5-6,15,18H,3-4,7-14,16-17H2,1-2H3. The molecule has 1 atom stereocenters. The predicted octanol–water partition coefficient (Wildman–Crippen LogP) is 1.47. The third kappa shape index (κ3) is 6.01. The fourth-order valence-electron chi connectivity index (χ4n) is 4.11. The van der Waals surface area contributed by atoms with Gasteiger partial charge in [0.25, 0.3) is 5.91 Å². The maximum absolute atomic E-state index is 12.8. The Kier molecular flexibility index (Phi) is 8.47. The van der Waals surface area contributed by atoms with E-state index in [1.807, 2.05) is 34.2 Å². The second-order valence-electron chi connectivity index (χ2n) is 7.68. The number of carbonyl (C=O) groups excluding carboxylic acids is 2. The Labute approximate surface area is 178 Å². The summed E-state index contributed by atoms with van der Waals surface area (Å²) >= 11 is 1.47. The molecule has 0 bridgehead atoms. The lowest BCUT2D eigenvalue weighted by Gasteiger charge is -2.42. The number of thiophene rings is 1. The van der Waals surface area contributed by atoms with E-state index in [0.29, 0.717) is 38.8 Å². The van der Waals surface area contributed by atoms with Crippen molar-refractivity contribution >= 4 is 23.2 Å². The van der Waals surface area contributed by atoms with Gasteiger partial charge in [-0.25, -0.2) is 0 Å². The van der Waals surface area contributed by atoms with Crippen LogP contribution in [-0.2, 0) is 9.53 Å². The van der Waals surface area contributed by atoms with Crippen molar-refractivity contribution < 1.29 is 14.3 Å². The van der Waals surface area contributed by atoms with Gasteiger partial charge in [0.2, 0.25) is 5.91 Å². The van der Waals surface area contributed by atoms with Crippen LogP contribution in [0.15, 0.2) is 17.5 Å². The summed E-state index contributed by atoms with van der Waals surface area (Å²) in [5.74, 6) is 0.270. The number of piperazine rings is 2. The summed E-state index contributed by atoms with van der Waals surface area (Å²) in [6.07, 6.45) is 1.08. The quantitative estimate of drug-likeness (QED) is 0.594. The Morgan fingerprint density at radius 2 is 1.86 bits per heavy atom. The molecule has 2 aliphatic rings. The van der Waals surface area contributed by atoms with Gasteiger partial charge in [0.1, 0.15) is 0 Å². The Bertz CT molecular complexity index is 646. The monoisotopic (exact) mass is 422 g/mol. The molecule has 2 amide bonds. The van der Waals surface area contributed by atoms with Crippen LogP contribution in [0.2, 0.25) is 0 Å². The molecule has 0 aliphatic carbocycles. The third-order valence-electron chi connectivity index (χ3n) is 5.90. The molecule has 7 nitrogen and oxygen atoms in total. The van der Waals surface area contributed by atoms with E-state index in [-0.39, 0.29) is 11.8 Å². The molecule has 0 radical (unpaired) electrons. The summed E-state index contributed by atoms with van der Waals surface area (Å²) in [5, 5.41) is 1.92. The predicted molar refractivity (Wildman–Crippen MR) is 115 cm³/mol. The number of hydrogen-bond acceptors (Lipinski definition) is 6. The fraction of sp³-hybridized carbons (Fsp3) is 0.714. The number of amides is 2. The second kappa shape index (κ2) is 11.1. The van der Waals surface area contributed by atoms with Gasteiger partial charge in [-0.15, -0.1) is 11.3 Å². The fourth-order valence-corrected chi connectivity index (χ4v) is 4.81. The molecule has 0 spiro atoms. The molecule has 1 aromatic heterocycles. The number of ether oxygens (including phenoxy) is 1. The Morgan fingerprint density at radius 3 is 2.52 bits per heavy atom. The summed E-state index contributed by atoms with van der Waals surface area (Å²) in [6, 6.07) is 4.25. The maximum Gasteiger partial charge on any atom is 0.264 e. The first-order chi connectivity index (χ1) is 14.1. The van der Waals surface area contributed by atoms with Gasteiger partial charge in [-0.1, -0.05) is 13.0 Å². The first-order valence-electron chi connectivity index (χ1n) is 10.8. The number of carbonyl (C=O) groups is 2. The van der Waals surface area contributed by atoms with E-state index < -0.39 is 0 Å². The molecule has 0 aromatic carbocycles. The number of nitrogens with zero attached hydrogens (tertiary/aromatic N) is 4. The lowest BCUT2D eigenvalue weighted by molar-refractivity contribution is -0.134. The highest BCUT2D eigenvalue weighted by molar-refractivity contribution is 7.12. The van der Waals surface area contributed by atoms with Crippen molar-refractivity contribution in [2.75, 3.05) is 72.1 Å². The zero-order valence-corrected chi connectivity index (χ0v) is 18.5. The summed E-state index contributed by atoms with van der Waals surface area (Å²) in [7, 11) is 0. The van der Waals surface area contributed by atoms with Gasteiger partial charge in [-0.2, -0.15) is 0 Å². The van der Waals surface area contributed by atoms with Gasteiger partial charge in [0.05, 0.1) is 18.0 Å². The summed E-state index contributed by atoms with van der Waals surface area (Å²) < 4.78 is 5.51. The second-order valence-corrected chi connectivity index (χ2v) is 8.63. The molecule has 0 N–H and O–H groups in total. The van der Waals surface area contributed by atoms with Gasteiger partial charge < -0.3 is 14.5 Å². The van der Waals surface area contributed by atoms with E-state index in [2.05, 4.69) is 16.7 Å². The van der Waals surface area contributed by atoms with Crippen LogP contribution in [0.25, 0.3) is 0 Å². The van der Waals surface area contributed by atoms with E-state index in [4.69, 9.17) is 4.74 Å². The Balaban J connectivity index is 1.42. The Hall–Kier alpha value is -1.48. The zero-order valence-electron chi connectivity index (χ0n) is 17.7. The number of hydrogen-bond donors (Lipinski definition) is 0. The Morgan fingerprint density at radius 1 is 1.10 bits per heavy atom. The lowest BCUT2D eigenvalue weighted by Crippen LogP contribution is -2.57.